The first-order chi connectivity index (χ1) is 14.0. The largest absolute Gasteiger partial charge is 0.493 e. The molecule has 0 aliphatic rings. The third-order valence-electron chi connectivity index (χ3n) is 4.40. The predicted octanol–water partition coefficient (Wildman–Crippen LogP) is 3.48. The summed E-state index contributed by atoms with van der Waals surface area (Å²) in [5.41, 5.74) is 1.53. The van der Waals surface area contributed by atoms with Gasteiger partial charge < -0.3 is 14.4 Å². The van der Waals surface area contributed by atoms with E-state index in [1.54, 1.807) is 18.0 Å². The fourth-order valence-electron chi connectivity index (χ4n) is 2.92. The van der Waals surface area contributed by atoms with Crippen molar-refractivity contribution in [1.82, 2.24) is 9.78 Å². The van der Waals surface area contributed by atoms with Gasteiger partial charge in [-0.25, -0.2) is 9.48 Å². The quantitative estimate of drug-likeness (QED) is 0.575. The van der Waals surface area contributed by atoms with Crippen LogP contribution in [-0.2, 0) is 9.53 Å². The molecule has 0 aliphatic heterocycles. The van der Waals surface area contributed by atoms with E-state index in [4.69, 9.17) is 9.47 Å². The van der Waals surface area contributed by atoms with Gasteiger partial charge in [0.25, 0.3) is 5.91 Å². The second kappa shape index (κ2) is 9.05. The van der Waals surface area contributed by atoms with E-state index >= 15 is 0 Å². The Morgan fingerprint density at radius 2 is 1.69 bits per heavy atom. The van der Waals surface area contributed by atoms with Crippen LogP contribution in [0.2, 0.25) is 0 Å². The number of ether oxygens (including phenoxy) is 2. The fraction of sp³-hybridized carbons (Fsp3) is 0.227. The highest BCUT2D eigenvalue weighted by atomic mass is 16.6. The van der Waals surface area contributed by atoms with Crippen molar-refractivity contribution in [2.24, 2.45) is 0 Å². The summed E-state index contributed by atoms with van der Waals surface area (Å²) in [7, 11) is 1.45. The van der Waals surface area contributed by atoms with E-state index in [0.717, 1.165) is 11.4 Å². The van der Waals surface area contributed by atoms with Gasteiger partial charge in [-0.1, -0.05) is 36.4 Å². The average molecular weight is 393 g/mol. The maximum atomic E-state index is 12.8. The van der Waals surface area contributed by atoms with Crippen molar-refractivity contribution in [3.63, 3.8) is 0 Å². The minimum Gasteiger partial charge on any atom is -0.493 e. The number of aromatic nitrogens is 2. The van der Waals surface area contributed by atoms with Gasteiger partial charge in [0, 0.05) is 12.2 Å². The zero-order valence-corrected chi connectivity index (χ0v) is 16.6. The zero-order chi connectivity index (χ0) is 20.8. The number of carbonyl (C=O) groups is 2. The Hall–Kier alpha value is -3.61. The van der Waals surface area contributed by atoms with Crippen LogP contribution in [0, 0.1) is 0 Å². The Labute approximate surface area is 169 Å². The van der Waals surface area contributed by atoms with Crippen LogP contribution < -0.4 is 9.64 Å². The average Bonchev–Trinajstić information content (AvgIpc) is 3.20. The highest BCUT2D eigenvalue weighted by molar-refractivity contribution is 5.99. The van der Waals surface area contributed by atoms with Crippen molar-refractivity contribution in [3.05, 3.63) is 72.6 Å². The molecule has 1 aromatic heterocycles. The first kappa shape index (κ1) is 20.1. The Bertz CT molecular complexity index is 970. The Morgan fingerprint density at radius 1 is 1.07 bits per heavy atom. The standard InChI is InChI=1S/C22H23N3O4/c1-4-24(17-11-7-5-8-12-17)21(26)16(2)29-22(27)20-19(28-3)15-25(23-20)18-13-9-6-10-14-18/h5-16H,4H2,1-3H3/t16-/m0/s1. The van der Waals surface area contributed by atoms with E-state index in [-0.39, 0.29) is 17.4 Å². The highest BCUT2D eigenvalue weighted by Crippen LogP contribution is 2.21. The zero-order valence-electron chi connectivity index (χ0n) is 16.6. The van der Waals surface area contributed by atoms with E-state index in [2.05, 4.69) is 5.10 Å². The molecule has 3 rings (SSSR count). The molecule has 150 valence electrons. The summed E-state index contributed by atoms with van der Waals surface area (Å²) < 4.78 is 12.2. The minimum absolute atomic E-state index is 0.0127. The molecule has 0 fully saturated rings. The lowest BCUT2D eigenvalue weighted by atomic mass is 10.2. The van der Waals surface area contributed by atoms with Gasteiger partial charge in [-0.3, -0.25) is 4.79 Å². The first-order valence-corrected chi connectivity index (χ1v) is 9.31. The molecule has 0 saturated carbocycles. The molecule has 3 aromatic rings. The number of carbonyl (C=O) groups excluding carboxylic acids is 2. The van der Waals surface area contributed by atoms with E-state index in [0.29, 0.717) is 6.54 Å². The predicted molar refractivity (Wildman–Crippen MR) is 109 cm³/mol. The molecular formula is C22H23N3O4. The van der Waals surface area contributed by atoms with Gasteiger partial charge in [-0.15, -0.1) is 0 Å². The SMILES string of the molecule is CCN(C(=O)[C@H](C)OC(=O)c1nn(-c2ccccc2)cc1OC)c1ccccc1. The lowest BCUT2D eigenvalue weighted by Crippen LogP contribution is -2.40. The number of methoxy groups -OCH3 is 1. The molecular weight excluding hydrogens is 370 g/mol. The maximum Gasteiger partial charge on any atom is 0.363 e. The van der Waals surface area contributed by atoms with E-state index in [1.165, 1.54) is 11.8 Å². The molecule has 1 heterocycles. The smallest absolute Gasteiger partial charge is 0.363 e. The van der Waals surface area contributed by atoms with Crippen LogP contribution in [0.25, 0.3) is 5.69 Å². The summed E-state index contributed by atoms with van der Waals surface area (Å²) >= 11 is 0. The summed E-state index contributed by atoms with van der Waals surface area (Å²) in [4.78, 5) is 27.1. The monoisotopic (exact) mass is 393 g/mol. The molecule has 7 nitrogen and oxygen atoms in total. The molecule has 0 bridgehead atoms. The van der Waals surface area contributed by atoms with Crippen LogP contribution >= 0.6 is 0 Å². The second-order valence-corrected chi connectivity index (χ2v) is 6.29. The number of rotatable bonds is 7. The third kappa shape index (κ3) is 4.45. The number of benzene rings is 2. The molecule has 0 saturated heterocycles. The molecule has 0 N–H and O–H groups in total. The summed E-state index contributed by atoms with van der Waals surface area (Å²) in [6.07, 6.45) is 0.620. The van der Waals surface area contributed by atoms with Gasteiger partial charge in [-0.2, -0.15) is 5.10 Å². The number of esters is 1. The van der Waals surface area contributed by atoms with E-state index in [9.17, 15) is 9.59 Å². The summed E-state index contributed by atoms with van der Waals surface area (Å²) in [5.74, 6) is -0.760. The molecule has 1 atom stereocenters. The molecule has 0 spiro atoms. The van der Waals surface area contributed by atoms with Gasteiger partial charge in [-0.05, 0) is 38.1 Å². The molecule has 7 heteroatoms. The highest BCUT2D eigenvalue weighted by Gasteiger charge is 2.27. The number of anilines is 1. The van der Waals surface area contributed by atoms with Crippen molar-refractivity contribution in [1.29, 1.82) is 0 Å². The maximum absolute atomic E-state index is 12.8. The number of likely N-dealkylation sites (N-methyl/N-ethyl adjacent to an activating group) is 1. The van der Waals surface area contributed by atoms with Crippen LogP contribution in [0.3, 0.4) is 0 Å². The Morgan fingerprint density at radius 3 is 2.28 bits per heavy atom. The Kier molecular flexibility index (Phi) is 6.29. The fourth-order valence-corrected chi connectivity index (χ4v) is 2.92. The summed E-state index contributed by atoms with van der Waals surface area (Å²) in [6, 6.07) is 18.6. The van der Waals surface area contributed by atoms with Crippen LogP contribution in [0.1, 0.15) is 24.3 Å². The number of nitrogens with zero attached hydrogens (tertiary/aromatic N) is 3. The van der Waals surface area contributed by atoms with Crippen molar-refractivity contribution in [2.75, 3.05) is 18.6 Å². The van der Waals surface area contributed by atoms with Crippen LogP contribution in [0.4, 0.5) is 5.69 Å². The van der Waals surface area contributed by atoms with E-state index in [1.807, 2.05) is 67.6 Å². The van der Waals surface area contributed by atoms with Crippen LogP contribution in [0.15, 0.2) is 66.9 Å². The van der Waals surface area contributed by atoms with Gasteiger partial charge >= 0.3 is 5.97 Å². The summed E-state index contributed by atoms with van der Waals surface area (Å²) in [6.45, 7) is 3.87. The molecule has 29 heavy (non-hydrogen) atoms. The van der Waals surface area contributed by atoms with Crippen molar-refractivity contribution in [3.8, 4) is 11.4 Å². The van der Waals surface area contributed by atoms with Crippen molar-refractivity contribution in [2.45, 2.75) is 20.0 Å². The topological polar surface area (TPSA) is 73.7 Å². The first-order valence-electron chi connectivity index (χ1n) is 9.31. The van der Waals surface area contributed by atoms with Gasteiger partial charge in [0.05, 0.1) is 19.0 Å². The normalized spacial score (nSPS) is 11.6. The van der Waals surface area contributed by atoms with Gasteiger partial charge in [0.1, 0.15) is 0 Å². The third-order valence-corrected chi connectivity index (χ3v) is 4.40. The molecule has 1 amide bonds. The molecule has 0 aliphatic carbocycles. The van der Waals surface area contributed by atoms with Gasteiger partial charge in [0.15, 0.2) is 11.9 Å². The lowest BCUT2D eigenvalue weighted by molar-refractivity contribution is -0.126. The number of para-hydroxylation sites is 2. The number of hydrogen-bond acceptors (Lipinski definition) is 5. The van der Waals surface area contributed by atoms with E-state index < -0.39 is 12.1 Å². The minimum atomic E-state index is -0.978. The number of hydrogen-bond donors (Lipinski definition) is 0. The lowest BCUT2D eigenvalue weighted by Gasteiger charge is -2.24. The van der Waals surface area contributed by atoms with Gasteiger partial charge in [0.2, 0.25) is 5.69 Å². The summed E-state index contributed by atoms with van der Waals surface area (Å²) in [5, 5.41) is 4.28. The molecule has 0 unspecified atom stereocenters. The molecule has 2 aromatic carbocycles. The van der Waals surface area contributed by atoms with Crippen LogP contribution in [-0.4, -0.2) is 41.4 Å². The van der Waals surface area contributed by atoms with Crippen molar-refractivity contribution < 1.29 is 19.1 Å². The van der Waals surface area contributed by atoms with Crippen LogP contribution in [0.5, 0.6) is 5.75 Å². The molecule has 0 radical (unpaired) electrons. The van der Waals surface area contributed by atoms with Crippen molar-refractivity contribution >= 4 is 17.6 Å². The second-order valence-electron chi connectivity index (χ2n) is 6.29. The number of amides is 1. The Balaban J connectivity index is 1.77.